The second kappa shape index (κ2) is 11.5. The van der Waals surface area contributed by atoms with Crippen molar-refractivity contribution in [3.63, 3.8) is 0 Å². The molecule has 0 saturated heterocycles. The fourth-order valence-corrected chi connectivity index (χ4v) is 11.8. The Morgan fingerprint density at radius 1 is 0.385 bits per heavy atom. The van der Waals surface area contributed by atoms with E-state index in [1.807, 2.05) is 22.7 Å². The van der Waals surface area contributed by atoms with Crippen LogP contribution in [0, 0.1) is 6.92 Å². The van der Waals surface area contributed by atoms with Crippen LogP contribution in [-0.2, 0) is 6.42 Å². The molecule has 1 aliphatic rings. The maximum atomic E-state index is 2.41. The summed E-state index contributed by atoms with van der Waals surface area (Å²) in [5.41, 5.74) is 12.2. The van der Waals surface area contributed by atoms with Gasteiger partial charge in [-0.15, -0.1) is 22.7 Å². The van der Waals surface area contributed by atoms with Crippen LogP contribution in [0.3, 0.4) is 0 Å². The molecule has 0 fully saturated rings. The number of benzene rings is 8. The molecule has 11 rings (SSSR count). The Kier molecular flexibility index (Phi) is 6.65. The molecule has 0 saturated carbocycles. The normalized spacial score (nSPS) is 13.2. The van der Waals surface area contributed by atoms with Crippen molar-refractivity contribution in [3.05, 3.63) is 162 Å². The van der Waals surface area contributed by atoms with Gasteiger partial charge in [-0.3, -0.25) is 0 Å². The van der Waals surface area contributed by atoms with Crippen molar-refractivity contribution in [1.29, 1.82) is 0 Å². The lowest BCUT2D eigenvalue weighted by Gasteiger charge is -2.20. The molecule has 0 nitrogen and oxygen atoms in total. The van der Waals surface area contributed by atoms with Gasteiger partial charge in [0.2, 0.25) is 0 Å². The molecule has 0 N–H and O–H groups in total. The van der Waals surface area contributed by atoms with Crippen molar-refractivity contribution in [3.8, 4) is 33.4 Å². The van der Waals surface area contributed by atoms with Crippen molar-refractivity contribution >= 4 is 90.8 Å². The second-order valence-electron chi connectivity index (χ2n) is 14.3. The van der Waals surface area contributed by atoms with Crippen molar-refractivity contribution in [2.75, 3.05) is 0 Å². The van der Waals surface area contributed by atoms with Gasteiger partial charge in [-0.1, -0.05) is 146 Å². The third-order valence-corrected chi connectivity index (χ3v) is 14.2. The molecular weight excluding hydrogens is 665 g/mol. The zero-order chi connectivity index (χ0) is 34.5. The minimum atomic E-state index is 1.12. The fourth-order valence-electron chi connectivity index (χ4n) is 9.09. The molecule has 2 heterocycles. The number of allylic oxidation sites excluding steroid dienone is 2. The van der Waals surface area contributed by atoms with E-state index in [2.05, 4.69) is 159 Å². The fraction of sp³-hybridized carbons (Fsp3) is 0.0800. The Hall–Kier alpha value is -5.54. The van der Waals surface area contributed by atoms with Gasteiger partial charge in [0.1, 0.15) is 0 Å². The van der Waals surface area contributed by atoms with Crippen molar-refractivity contribution < 1.29 is 0 Å². The monoisotopic (exact) mass is 698 g/mol. The number of aryl methyl sites for hydroxylation is 2. The average Bonchev–Trinajstić information content (AvgIpc) is 3.78. The molecule has 2 aromatic heterocycles. The van der Waals surface area contributed by atoms with Crippen LogP contribution >= 0.6 is 22.7 Å². The number of thiophene rings is 2. The van der Waals surface area contributed by atoms with Crippen LogP contribution in [0.25, 0.3) is 102 Å². The summed E-state index contributed by atoms with van der Waals surface area (Å²) in [5, 5.41) is 11.9. The molecule has 0 aliphatic heterocycles. The molecule has 246 valence electrons. The highest BCUT2D eigenvalue weighted by Gasteiger charge is 2.23. The Morgan fingerprint density at radius 2 is 0.885 bits per heavy atom. The van der Waals surface area contributed by atoms with E-state index in [-0.39, 0.29) is 0 Å². The quantitative estimate of drug-likeness (QED) is 0.161. The average molecular weight is 699 g/mol. The molecular formula is C50H34S2. The summed E-state index contributed by atoms with van der Waals surface area (Å²) in [5.74, 6) is 0. The van der Waals surface area contributed by atoms with E-state index >= 15 is 0 Å². The predicted molar refractivity (Wildman–Crippen MR) is 230 cm³/mol. The van der Waals surface area contributed by atoms with E-state index in [9.17, 15) is 0 Å². The van der Waals surface area contributed by atoms with Gasteiger partial charge in [0.05, 0.1) is 0 Å². The summed E-state index contributed by atoms with van der Waals surface area (Å²) < 4.78 is 4.15. The highest BCUT2D eigenvalue weighted by atomic mass is 32.1. The third kappa shape index (κ3) is 4.26. The molecule has 0 amide bonds. The largest absolute Gasteiger partial charge is 0.135 e. The molecule has 0 atom stereocenters. The van der Waals surface area contributed by atoms with Gasteiger partial charge in [-0.25, -0.2) is 0 Å². The highest BCUT2D eigenvalue weighted by molar-refractivity contribution is 7.26. The minimum Gasteiger partial charge on any atom is -0.135 e. The van der Waals surface area contributed by atoms with Gasteiger partial charge in [0, 0.05) is 40.9 Å². The van der Waals surface area contributed by atoms with E-state index in [1.54, 1.807) is 0 Å². The van der Waals surface area contributed by atoms with E-state index in [1.165, 1.54) is 118 Å². The Morgan fingerprint density at radius 3 is 1.58 bits per heavy atom. The van der Waals surface area contributed by atoms with Gasteiger partial charge in [0.15, 0.2) is 0 Å². The first kappa shape index (κ1) is 30.1. The molecule has 0 unspecified atom stereocenters. The van der Waals surface area contributed by atoms with Gasteiger partial charge < -0.3 is 0 Å². The second-order valence-corrected chi connectivity index (χ2v) is 16.3. The first-order valence-corrected chi connectivity index (χ1v) is 19.9. The molecule has 8 aromatic carbocycles. The van der Waals surface area contributed by atoms with Gasteiger partial charge in [-0.05, 0) is 103 Å². The van der Waals surface area contributed by atoms with Crippen LogP contribution in [-0.4, -0.2) is 0 Å². The van der Waals surface area contributed by atoms with Crippen LogP contribution in [0.2, 0.25) is 0 Å². The third-order valence-electron chi connectivity index (χ3n) is 11.4. The Balaban J connectivity index is 1.20. The van der Waals surface area contributed by atoms with Gasteiger partial charge in [-0.2, -0.15) is 0 Å². The zero-order valence-electron chi connectivity index (χ0n) is 29.1. The zero-order valence-corrected chi connectivity index (χ0v) is 30.7. The number of hydrogen-bond donors (Lipinski definition) is 0. The van der Waals surface area contributed by atoms with Crippen molar-refractivity contribution in [1.82, 2.24) is 0 Å². The van der Waals surface area contributed by atoms with Gasteiger partial charge >= 0.3 is 0 Å². The number of hydrogen-bond acceptors (Lipinski definition) is 2. The first-order valence-electron chi connectivity index (χ1n) is 18.2. The summed E-state index contributed by atoms with van der Waals surface area (Å²) >= 11 is 3.91. The minimum absolute atomic E-state index is 1.12. The summed E-state index contributed by atoms with van der Waals surface area (Å²) in [6.45, 7) is 4.51. The molecule has 0 bridgehead atoms. The summed E-state index contributed by atoms with van der Waals surface area (Å²) in [4.78, 5) is 1.46. The lowest BCUT2D eigenvalue weighted by molar-refractivity contribution is 0.996. The van der Waals surface area contributed by atoms with Crippen LogP contribution < -0.4 is 0 Å². The van der Waals surface area contributed by atoms with E-state index in [0.29, 0.717) is 0 Å². The van der Waals surface area contributed by atoms with Crippen molar-refractivity contribution in [2.45, 2.75) is 26.7 Å². The number of rotatable bonds is 3. The van der Waals surface area contributed by atoms with Crippen molar-refractivity contribution in [2.24, 2.45) is 0 Å². The Bertz CT molecular complexity index is 3090. The molecule has 0 radical (unpaired) electrons. The van der Waals surface area contributed by atoms with E-state index < -0.39 is 0 Å². The van der Waals surface area contributed by atoms with Crippen LogP contribution in [0.15, 0.2) is 146 Å². The van der Waals surface area contributed by atoms with Gasteiger partial charge in [0.25, 0.3) is 0 Å². The maximum absolute atomic E-state index is 2.41. The lowest BCUT2D eigenvalue weighted by atomic mass is 9.83. The standard InChI is InChI=1S/C50H34S2/c1-29-13-9-21-40-42-24-11-23-39(49(42)51-47(29)40)33-27-28-38(32-16-4-3-15-31(32)33)45-34-17-5-7-19-36(34)46(37-20-8-6-18-35(37)45)44-26-12-25-43-41-22-10-14-30(2)48(41)52-50(43)44/h3-9,11-21,23-28H,10,22H2,1-2H3. The highest BCUT2D eigenvalue weighted by Crippen LogP contribution is 2.51. The van der Waals surface area contributed by atoms with E-state index in [0.717, 1.165) is 12.8 Å². The molecule has 0 spiro atoms. The van der Waals surface area contributed by atoms with Crippen LogP contribution in [0.5, 0.6) is 0 Å². The Labute approximate surface area is 310 Å². The molecule has 10 aromatic rings. The topological polar surface area (TPSA) is 0 Å². The predicted octanol–water partition coefficient (Wildman–Crippen LogP) is 15.4. The number of fused-ring (bicyclic) bond motifs is 9. The lowest BCUT2D eigenvalue weighted by Crippen LogP contribution is -1.93. The first-order chi connectivity index (χ1) is 25.7. The van der Waals surface area contributed by atoms with E-state index in [4.69, 9.17) is 0 Å². The summed E-state index contributed by atoms with van der Waals surface area (Å²) in [6, 6.07) is 52.6. The molecule has 1 aliphatic carbocycles. The summed E-state index contributed by atoms with van der Waals surface area (Å²) in [7, 11) is 0. The summed E-state index contributed by atoms with van der Waals surface area (Å²) in [6.07, 6.45) is 4.66. The van der Waals surface area contributed by atoms with Crippen LogP contribution in [0.4, 0.5) is 0 Å². The van der Waals surface area contributed by atoms with Crippen LogP contribution in [0.1, 0.15) is 29.3 Å². The SMILES string of the molecule is CC1=CCCc2c1sc1c(-c3c4ccccc4c(-c4ccc(-c5cccc6c5sc5c(C)cccc56)c5ccccc45)c4ccccc34)cccc21. The maximum Gasteiger partial charge on any atom is 0.0434 e. The molecule has 52 heavy (non-hydrogen) atoms. The smallest absolute Gasteiger partial charge is 0.0434 e. The molecule has 2 heteroatoms.